The summed E-state index contributed by atoms with van der Waals surface area (Å²) in [5.41, 5.74) is 9.50. The minimum absolute atomic E-state index is 0.221. The number of nitrogens with zero attached hydrogens (tertiary/aromatic N) is 4. The van der Waals surface area contributed by atoms with Crippen molar-refractivity contribution in [1.29, 1.82) is 0 Å². The second-order valence-electron chi connectivity index (χ2n) is 6.97. The first-order valence-electron chi connectivity index (χ1n) is 9.32. The maximum absolute atomic E-state index is 13.0. The van der Waals surface area contributed by atoms with Crippen LogP contribution in [0.4, 0.5) is 4.79 Å². The van der Waals surface area contributed by atoms with Gasteiger partial charge in [-0.3, -0.25) is 9.59 Å². The molecule has 2 atom stereocenters. The summed E-state index contributed by atoms with van der Waals surface area (Å²) in [7, 11) is 0. The Labute approximate surface area is 168 Å². The molecule has 1 N–H and O–H groups in total. The van der Waals surface area contributed by atoms with Gasteiger partial charge in [0.15, 0.2) is 0 Å². The van der Waals surface area contributed by atoms with Gasteiger partial charge >= 0.3 is 12.2 Å². The predicted molar refractivity (Wildman–Crippen MR) is 103 cm³/mol. The number of likely N-dealkylation sites (tertiary alicyclic amines) is 2. The molecule has 8 nitrogen and oxygen atoms in total. The van der Waals surface area contributed by atoms with Crippen molar-refractivity contribution in [1.82, 2.24) is 15.1 Å². The smallest absolute Gasteiger partial charge is 0.325 e. The van der Waals surface area contributed by atoms with E-state index in [0.717, 1.165) is 18.2 Å². The van der Waals surface area contributed by atoms with Gasteiger partial charge in [-0.25, -0.2) is 4.79 Å². The van der Waals surface area contributed by atoms with Crippen molar-refractivity contribution < 1.29 is 19.2 Å². The summed E-state index contributed by atoms with van der Waals surface area (Å²) < 4.78 is 0. The fraction of sp³-hybridized carbons (Fsp3) is 0.474. The van der Waals surface area contributed by atoms with Crippen molar-refractivity contribution in [3.63, 3.8) is 0 Å². The summed E-state index contributed by atoms with van der Waals surface area (Å²) in [6.07, 6.45) is 3.37. The molecule has 0 bridgehead atoms. The van der Waals surface area contributed by atoms with Crippen molar-refractivity contribution in [2.24, 2.45) is 0 Å². The summed E-state index contributed by atoms with van der Waals surface area (Å²) >= 11 is 5.86. The van der Waals surface area contributed by atoms with Gasteiger partial charge in [0, 0.05) is 24.7 Å². The molecule has 0 radical (unpaired) electrons. The van der Waals surface area contributed by atoms with Crippen molar-refractivity contribution >= 4 is 35.5 Å². The molecule has 3 rings (SSSR count). The third-order valence-corrected chi connectivity index (χ3v) is 5.46. The van der Waals surface area contributed by atoms with E-state index < -0.39 is 17.9 Å². The zero-order valence-corrected chi connectivity index (χ0v) is 16.1. The molecule has 2 aliphatic rings. The number of ketones is 1. The fourth-order valence-electron chi connectivity index (χ4n) is 3.81. The molecular formula is C19H22ClN5O3. The zero-order valence-electron chi connectivity index (χ0n) is 15.4. The van der Waals surface area contributed by atoms with Gasteiger partial charge in [0.2, 0.25) is 5.91 Å². The Morgan fingerprint density at radius 3 is 2.43 bits per heavy atom. The van der Waals surface area contributed by atoms with Gasteiger partial charge in [0.05, 0.1) is 0 Å². The SMILES string of the molecule is [N-]=[N+]=CC(=O)[C@@H]1CCCN1C(=O)[C@@H]1CCCN1C(=O)NCc1ccc(Cl)cc1. The molecule has 0 spiro atoms. The number of rotatable bonds is 5. The third kappa shape index (κ3) is 4.40. The Kier molecular flexibility index (Phi) is 6.44. The zero-order chi connectivity index (χ0) is 20.1. The van der Waals surface area contributed by atoms with Crippen molar-refractivity contribution in [3.05, 3.63) is 40.4 Å². The van der Waals surface area contributed by atoms with Crippen LogP contribution in [0.15, 0.2) is 24.3 Å². The van der Waals surface area contributed by atoms with Crippen LogP contribution in [0.2, 0.25) is 5.02 Å². The molecule has 1 aromatic rings. The molecule has 0 unspecified atom stereocenters. The van der Waals surface area contributed by atoms with Gasteiger partial charge in [0.25, 0.3) is 5.78 Å². The van der Waals surface area contributed by atoms with E-state index in [1.165, 1.54) is 9.80 Å². The molecule has 0 aromatic heterocycles. The highest BCUT2D eigenvalue weighted by atomic mass is 35.5. The molecule has 2 fully saturated rings. The molecule has 2 saturated heterocycles. The minimum atomic E-state index is -0.622. The molecule has 2 heterocycles. The average molecular weight is 404 g/mol. The summed E-state index contributed by atoms with van der Waals surface area (Å²) in [4.78, 5) is 43.6. The molecular weight excluding hydrogens is 382 g/mol. The molecule has 2 aliphatic heterocycles. The number of hydrogen-bond acceptors (Lipinski definition) is 3. The third-order valence-electron chi connectivity index (χ3n) is 5.20. The Morgan fingerprint density at radius 2 is 1.75 bits per heavy atom. The average Bonchev–Trinajstić information content (AvgIpc) is 3.36. The highest BCUT2D eigenvalue weighted by Gasteiger charge is 2.42. The quantitative estimate of drug-likeness (QED) is 0.460. The first kappa shape index (κ1) is 20.0. The predicted octanol–water partition coefficient (Wildman–Crippen LogP) is 1.87. The molecule has 148 valence electrons. The number of carbonyl (C=O) groups excluding carboxylic acids is 3. The van der Waals surface area contributed by atoms with Crippen LogP contribution < -0.4 is 5.32 Å². The number of Topliss-reactive ketones (excluding diaryl/α,β-unsaturated/α-hetero) is 1. The highest BCUT2D eigenvalue weighted by molar-refractivity contribution is 6.30. The van der Waals surface area contributed by atoms with E-state index in [4.69, 9.17) is 17.1 Å². The summed E-state index contributed by atoms with van der Waals surface area (Å²) in [5, 5.41) is 3.47. The van der Waals surface area contributed by atoms with E-state index >= 15 is 0 Å². The second-order valence-corrected chi connectivity index (χ2v) is 7.41. The van der Waals surface area contributed by atoms with E-state index in [1.54, 1.807) is 12.1 Å². The van der Waals surface area contributed by atoms with Crippen molar-refractivity contribution in [2.45, 2.75) is 44.3 Å². The lowest BCUT2D eigenvalue weighted by Gasteiger charge is -2.30. The molecule has 1 aromatic carbocycles. The normalized spacial score (nSPS) is 21.3. The van der Waals surface area contributed by atoms with E-state index in [0.29, 0.717) is 43.9 Å². The number of benzene rings is 1. The molecule has 0 aliphatic carbocycles. The molecule has 9 heteroatoms. The Balaban J connectivity index is 1.63. The van der Waals surface area contributed by atoms with Crippen molar-refractivity contribution in [3.8, 4) is 0 Å². The first-order chi connectivity index (χ1) is 13.5. The maximum Gasteiger partial charge on any atom is 0.325 e. The Hall–Kier alpha value is -2.70. The minimum Gasteiger partial charge on any atom is -0.361 e. The Morgan fingerprint density at radius 1 is 1.11 bits per heavy atom. The van der Waals surface area contributed by atoms with Crippen LogP contribution in [0.1, 0.15) is 31.2 Å². The molecule has 3 amide bonds. The topological polar surface area (TPSA) is 106 Å². The monoisotopic (exact) mass is 403 g/mol. The van der Waals surface area contributed by atoms with Crippen LogP contribution in [0, 0.1) is 0 Å². The van der Waals surface area contributed by atoms with Gasteiger partial charge in [-0.1, -0.05) is 23.7 Å². The van der Waals surface area contributed by atoms with E-state index in [-0.39, 0.29) is 11.9 Å². The lowest BCUT2D eigenvalue weighted by molar-refractivity contribution is -0.139. The Bertz CT molecular complexity index is 806. The van der Waals surface area contributed by atoms with Crippen LogP contribution in [0.5, 0.6) is 0 Å². The van der Waals surface area contributed by atoms with Crippen LogP contribution in [-0.4, -0.2) is 63.7 Å². The molecule has 0 saturated carbocycles. The van der Waals surface area contributed by atoms with Gasteiger partial charge < -0.3 is 20.6 Å². The first-order valence-corrected chi connectivity index (χ1v) is 9.69. The number of carbonyl (C=O) groups is 3. The maximum atomic E-state index is 13.0. The molecule has 28 heavy (non-hydrogen) atoms. The lowest BCUT2D eigenvalue weighted by Crippen LogP contribution is -2.53. The standard InChI is InChI=1S/C19H22ClN5O3/c20-14-7-5-13(6-8-14)11-22-19(28)25-10-2-4-16(25)18(27)24-9-1-3-15(24)17(26)12-23-21/h5-8,12,15-16H,1-4,9-11H2,(H,22,28)/t15-,16-/m0/s1. The van der Waals surface area contributed by atoms with Gasteiger partial charge in [-0.15, -0.1) is 0 Å². The lowest BCUT2D eigenvalue weighted by atomic mass is 10.1. The number of amides is 3. The highest BCUT2D eigenvalue weighted by Crippen LogP contribution is 2.25. The van der Waals surface area contributed by atoms with Crippen molar-refractivity contribution in [2.75, 3.05) is 13.1 Å². The van der Waals surface area contributed by atoms with Crippen LogP contribution >= 0.6 is 11.6 Å². The number of urea groups is 1. The summed E-state index contributed by atoms with van der Waals surface area (Å²) in [5.74, 6) is -0.619. The number of hydrogen-bond donors (Lipinski definition) is 1. The van der Waals surface area contributed by atoms with Gasteiger partial charge in [0.1, 0.15) is 12.1 Å². The van der Waals surface area contributed by atoms with Gasteiger partial charge in [-0.05, 0) is 43.4 Å². The summed E-state index contributed by atoms with van der Waals surface area (Å²) in [6.45, 7) is 1.30. The van der Waals surface area contributed by atoms with E-state index in [9.17, 15) is 14.4 Å². The number of halogens is 1. The number of nitrogens with one attached hydrogen (secondary N) is 1. The van der Waals surface area contributed by atoms with E-state index in [2.05, 4.69) is 10.1 Å². The van der Waals surface area contributed by atoms with E-state index in [1.807, 2.05) is 12.1 Å². The van der Waals surface area contributed by atoms with Crippen LogP contribution in [-0.2, 0) is 16.1 Å². The second kappa shape index (κ2) is 8.99. The largest absolute Gasteiger partial charge is 0.361 e. The fourth-order valence-corrected chi connectivity index (χ4v) is 3.93. The van der Waals surface area contributed by atoms with Gasteiger partial charge in [-0.2, -0.15) is 4.79 Å². The van der Waals surface area contributed by atoms with Crippen LogP contribution in [0.3, 0.4) is 0 Å². The van der Waals surface area contributed by atoms with Crippen LogP contribution in [0.25, 0.3) is 5.53 Å². The summed E-state index contributed by atoms with van der Waals surface area (Å²) in [6, 6.07) is 5.67.